The summed E-state index contributed by atoms with van der Waals surface area (Å²) < 4.78 is 5.38. The number of amides is 1. The van der Waals surface area contributed by atoms with Gasteiger partial charge in [-0.05, 0) is 50.9 Å². The number of rotatable bonds is 7. The van der Waals surface area contributed by atoms with Gasteiger partial charge in [-0.1, -0.05) is 30.3 Å². The third kappa shape index (κ3) is 4.60. The number of carbonyl (C=O) groups excluding carboxylic acids is 1. The molecule has 0 radical (unpaired) electrons. The Morgan fingerprint density at radius 3 is 2.80 bits per heavy atom. The van der Waals surface area contributed by atoms with Crippen molar-refractivity contribution in [2.75, 3.05) is 39.9 Å². The molecule has 0 spiro atoms. The van der Waals surface area contributed by atoms with Gasteiger partial charge in [-0.2, -0.15) is 0 Å². The molecule has 2 saturated heterocycles. The lowest BCUT2D eigenvalue weighted by molar-refractivity contribution is -0.136. The molecule has 0 saturated carbocycles. The fraction of sp³-hybridized carbons (Fsp3) is 0.650. The minimum atomic E-state index is -0.358. The molecule has 5 heteroatoms. The lowest BCUT2D eigenvalue weighted by Gasteiger charge is -2.36. The Labute approximate surface area is 151 Å². The van der Waals surface area contributed by atoms with Crippen LogP contribution in [0.3, 0.4) is 0 Å². The maximum Gasteiger partial charge on any atom is 0.228 e. The molecule has 1 aromatic rings. The first-order valence-electron chi connectivity index (χ1n) is 9.49. The van der Waals surface area contributed by atoms with Crippen LogP contribution < -0.4 is 10.6 Å². The predicted octanol–water partition coefficient (Wildman–Crippen LogP) is 1.78. The van der Waals surface area contributed by atoms with E-state index in [1.165, 1.54) is 12.0 Å². The first-order valence-corrected chi connectivity index (χ1v) is 9.49. The highest BCUT2D eigenvalue weighted by Gasteiger charge is 2.40. The zero-order valence-corrected chi connectivity index (χ0v) is 15.3. The molecule has 2 aliphatic heterocycles. The summed E-state index contributed by atoms with van der Waals surface area (Å²) in [4.78, 5) is 15.4. The highest BCUT2D eigenvalue weighted by atomic mass is 16.5. The van der Waals surface area contributed by atoms with Crippen LogP contribution in [0.15, 0.2) is 30.3 Å². The van der Waals surface area contributed by atoms with E-state index < -0.39 is 0 Å². The number of methoxy groups -OCH3 is 1. The highest BCUT2D eigenvalue weighted by Crippen LogP contribution is 2.29. The normalized spacial score (nSPS) is 23.5. The van der Waals surface area contributed by atoms with Gasteiger partial charge in [0.05, 0.1) is 12.0 Å². The van der Waals surface area contributed by atoms with Gasteiger partial charge in [-0.15, -0.1) is 0 Å². The van der Waals surface area contributed by atoms with E-state index in [1.54, 1.807) is 7.11 Å². The molecule has 3 rings (SSSR count). The lowest BCUT2D eigenvalue weighted by Crippen LogP contribution is -2.52. The average molecular weight is 345 g/mol. The van der Waals surface area contributed by atoms with E-state index in [2.05, 4.69) is 45.9 Å². The molecule has 2 fully saturated rings. The van der Waals surface area contributed by atoms with Gasteiger partial charge in [0.1, 0.15) is 0 Å². The Hall–Kier alpha value is -1.43. The van der Waals surface area contributed by atoms with Crippen molar-refractivity contribution in [1.82, 2.24) is 15.5 Å². The summed E-state index contributed by atoms with van der Waals surface area (Å²) in [5.41, 5.74) is 0.984. The molecule has 2 N–H and O–H groups in total. The Bertz CT molecular complexity index is 538. The van der Waals surface area contributed by atoms with E-state index in [9.17, 15) is 4.79 Å². The standard InChI is InChI=1S/C20H31N3O2/c1-25-16-20(9-11-21-12-10-20)19(24)22-14-18-8-5-13-23(18)15-17-6-3-2-4-7-17/h2-4,6-7,18,21H,5,8-16H2,1H3,(H,22,24). The summed E-state index contributed by atoms with van der Waals surface area (Å²) in [5.74, 6) is 0.169. The van der Waals surface area contributed by atoms with Gasteiger partial charge in [-0.3, -0.25) is 9.69 Å². The Kier molecular flexibility index (Phi) is 6.45. The van der Waals surface area contributed by atoms with Crippen molar-refractivity contribution in [2.45, 2.75) is 38.3 Å². The van der Waals surface area contributed by atoms with Crippen LogP contribution in [0, 0.1) is 5.41 Å². The molecule has 25 heavy (non-hydrogen) atoms. The van der Waals surface area contributed by atoms with Crippen molar-refractivity contribution in [3.05, 3.63) is 35.9 Å². The molecule has 0 bridgehead atoms. The molecule has 5 nitrogen and oxygen atoms in total. The second-order valence-corrected chi connectivity index (χ2v) is 7.43. The largest absolute Gasteiger partial charge is 0.384 e. The summed E-state index contributed by atoms with van der Waals surface area (Å²) in [6, 6.07) is 11.0. The molecule has 1 atom stereocenters. The van der Waals surface area contributed by atoms with E-state index in [1.807, 2.05) is 0 Å². The lowest BCUT2D eigenvalue weighted by atomic mass is 9.78. The van der Waals surface area contributed by atoms with Crippen LogP contribution in [0.4, 0.5) is 0 Å². The van der Waals surface area contributed by atoms with Gasteiger partial charge < -0.3 is 15.4 Å². The van der Waals surface area contributed by atoms with Crippen LogP contribution in [0.25, 0.3) is 0 Å². The molecular weight excluding hydrogens is 314 g/mol. The number of likely N-dealkylation sites (tertiary alicyclic amines) is 1. The summed E-state index contributed by atoms with van der Waals surface area (Å²) in [7, 11) is 1.69. The third-order valence-corrected chi connectivity index (χ3v) is 5.69. The van der Waals surface area contributed by atoms with E-state index >= 15 is 0 Å². The van der Waals surface area contributed by atoms with Gasteiger partial charge in [0.25, 0.3) is 0 Å². The Balaban J connectivity index is 1.55. The number of hydrogen-bond donors (Lipinski definition) is 2. The van der Waals surface area contributed by atoms with Crippen molar-refractivity contribution in [2.24, 2.45) is 5.41 Å². The minimum absolute atomic E-state index is 0.169. The maximum absolute atomic E-state index is 12.9. The number of nitrogens with one attached hydrogen (secondary N) is 2. The molecule has 0 aliphatic carbocycles. The van der Waals surface area contributed by atoms with Crippen LogP contribution in [0.2, 0.25) is 0 Å². The van der Waals surface area contributed by atoms with E-state index in [0.717, 1.165) is 52.0 Å². The second-order valence-electron chi connectivity index (χ2n) is 7.43. The van der Waals surface area contributed by atoms with Crippen molar-refractivity contribution in [1.29, 1.82) is 0 Å². The fourth-order valence-corrected chi connectivity index (χ4v) is 4.17. The third-order valence-electron chi connectivity index (χ3n) is 5.69. The number of ether oxygens (including phenoxy) is 1. The topological polar surface area (TPSA) is 53.6 Å². The van der Waals surface area contributed by atoms with E-state index in [4.69, 9.17) is 4.74 Å². The van der Waals surface area contributed by atoms with Crippen molar-refractivity contribution >= 4 is 5.91 Å². The van der Waals surface area contributed by atoms with Crippen molar-refractivity contribution in [3.63, 3.8) is 0 Å². The van der Waals surface area contributed by atoms with Crippen molar-refractivity contribution < 1.29 is 9.53 Å². The maximum atomic E-state index is 12.9. The zero-order valence-electron chi connectivity index (χ0n) is 15.3. The number of piperidine rings is 1. The summed E-state index contributed by atoms with van der Waals surface area (Å²) in [6.45, 7) is 5.11. The monoisotopic (exact) mass is 345 g/mol. The van der Waals surface area contributed by atoms with Gasteiger partial charge >= 0.3 is 0 Å². The summed E-state index contributed by atoms with van der Waals surface area (Å²) in [5, 5.41) is 6.59. The summed E-state index contributed by atoms with van der Waals surface area (Å²) in [6.07, 6.45) is 4.07. The van der Waals surface area contributed by atoms with Gasteiger partial charge in [-0.25, -0.2) is 0 Å². The first-order chi connectivity index (χ1) is 12.2. The van der Waals surface area contributed by atoms with Crippen LogP contribution >= 0.6 is 0 Å². The Morgan fingerprint density at radius 2 is 2.08 bits per heavy atom. The van der Waals surface area contributed by atoms with E-state index in [0.29, 0.717) is 12.6 Å². The van der Waals surface area contributed by atoms with Crippen molar-refractivity contribution in [3.8, 4) is 0 Å². The molecule has 0 aromatic heterocycles. The molecule has 1 amide bonds. The molecule has 2 heterocycles. The molecule has 1 aromatic carbocycles. The molecule has 1 unspecified atom stereocenters. The zero-order chi connectivity index (χ0) is 17.5. The Morgan fingerprint density at radius 1 is 1.32 bits per heavy atom. The van der Waals surface area contributed by atoms with Crippen LogP contribution in [0.1, 0.15) is 31.2 Å². The second kappa shape index (κ2) is 8.79. The fourth-order valence-electron chi connectivity index (χ4n) is 4.17. The van der Waals surface area contributed by atoms with Gasteiger partial charge in [0.15, 0.2) is 0 Å². The highest BCUT2D eigenvalue weighted by molar-refractivity contribution is 5.83. The average Bonchev–Trinajstić information content (AvgIpc) is 3.08. The van der Waals surface area contributed by atoms with Gasteiger partial charge in [0, 0.05) is 26.2 Å². The van der Waals surface area contributed by atoms with Gasteiger partial charge in [0.2, 0.25) is 5.91 Å². The number of carbonyl (C=O) groups is 1. The molecule has 138 valence electrons. The molecular formula is C20H31N3O2. The number of hydrogen-bond acceptors (Lipinski definition) is 4. The minimum Gasteiger partial charge on any atom is -0.384 e. The SMILES string of the molecule is COCC1(C(=O)NCC2CCCN2Cc2ccccc2)CCNCC1. The quantitative estimate of drug-likeness (QED) is 0.791. The van der Waals surface area contributed by atoms with Crippen LogP contribution in [-0.4, -0.2) is 56.7 Å². The number of benzene rings is 1. The molecule has 2 aliphatic rings. The smallest absolute Gasteiger partial charge is 0.228 e. The van der Waals surface area contributed by atoms with E-state index in [-0.39, 0.29) is 11.3 Å². The summed E-state index contributed by atoms with van der Waals surface area (Å²) >= 11 is 0. The van der Waals surface area contributed by atoms with Crippen LogP contribution in [-0.2, 0) is 16.1 Å². The number of nitrogens with zero attached hydrogens (tertiary/aromatic N) is 1. The first kappa shape index (κ1) is 18.4. The predicted molar refractivity (Wildman–Crippen MR) is 99.3 cm³/mol. The van der Waals surface area contributed by atoms with Crippen LogP contribution in [0.5, 0.6) is 0 Å².